The van der Waals surface area contributed by atoms with Crippen molar-refractivity contribution in [3.63, 3.8) is 0 Å². The van der Waals surface area contributed by atoms with Gasteiger partial charge >= 0.3 is 0 Å². The maximum atomic E-state index is 5.97. The third kappa shape index (κ3) is 1.93. The highest BCUT2D eigenvalue weighted by molar-refractivity contribution is 9.10. The van der Waals surface area contributed by atoms with E-state index in [-0.39, 0.29) is 0 Å². The minimum Gasteiger partial charge on any atom is -0.397 e. The molecule has 1 aromatic carbocycles. The number of anilines is 1. The SMILES string of the molecule is Nc1c(Br)cccc1-c1nc(-c2cccs2)no1. The number of nitrogen functional groups attached to an aromatic ring is 1. The van der Waals surface area contributed by atoms with Crippen LogP contribution in [0.5, 0.6) is 0 Å². The van der Waals surface area contributed by atoms with E-state index < -0.39 is 0 Å². The summed E-state index contributed by atoms with van der Waals surface area (Å²) in [7, 11) is 0. The molecule has 0 saturated carbocycles. The molecule has 2 aromatic heterocycles. The zero-order valence-corrected chi connectivity index (χ0v) is 11.5. The molecule has 2 heterocycles. The molecular formula is C12H8BrN3OS. The van der Waals surface area contributed by atoms with Crippen molar-refractivity contribution in [1.82, 2.24) is 10.1 Å². The number of aromatic nitrogens is 2. The monoisotopic (exact) mass is 321 g/mol. The van der Waals surface area contributed by atoms with Crippen LogP contribution >= 0.6 is 27.3 Å². The average Bonchev–Trinajstić information content (AvgIpc) is 3.01. The van der Waals surface area contributed by atoms with Gasteiger partial charge in [-0.15, -0.1) is 11.3 Å². The van der Waals surface area contributed by atoms with Gasteiger partial charge < -0.3 is 10.3 Å². The van der Waals surface area contributed by atoms with E-state index >= 15 is 0 Å². The number of hydrogen-bond donors (Lipinski definition) is 1. The second-order valence-corrected chi connectivity index (χ2v) is 5.40. The van der Waals surface area contributed by atoms with Crippen molar-refractivity contribution in [3.8, 4) is 22.2 Å². The molecule has 0 fully saturated rings. The highest BCUT2D eigenvalue weighted by Crippen LogP contribution is 2.32. The number of nitrogens with two attached hydrogens (primary N) is 1. The lowest BCUT2D eigenvalue weighted by Crippen LogP contribution is -1.91. The summed E-state index contributed by atoms with van der Waals surface area (Å²) in [5, 5.41) is 5.93. The molecule has 2 N–H and O–H groups in total. The first-order valence-corrected chi connectivity index (χ1v) is 6.85. The highest BCUT2D eigenvalue weighted by Gasteiger charge is 2.14. The van der Waals surface area contributed by atoms with Crippen LogP contribution in [0.4, 0.5) is 5.69 Å². The molecule has 18 heavy (non-hydrogen) atoms. The third-order valence-corrected chi connectivity index (χ3v) is 4.01. The molecule has 0 unspecified atom stereocenters. The summed E-state index contributed by atoms with van der Waals surface area (Å²) in [4.78, 5) is 5.33. The van der Waals surface area contributed by atoms with E-state index in [9.17, 15) is 0 Å². The van der Waals surface area contributed by atoms with Crippen LogP contribution in [-0.2, 0) is 0 Å². The predicted molar refractivity (Wildman–Crippen MR) is 75.2 cm³/mol. The fraction of sp³-hybridized carbons (Fsp3) is 0. The van der Waals surface area contributed by atoms with E-state index in [0.29, 0.717) is 17.4 Å². The van der Waals surface area contributed by atoms with Crippen molar-refractivity contribution in [1.29, 1.82) is 0 Å². The van der Waals surface area contributed by atoms with Gasteiger partial charge in [0, 0.05) is 4.47 Å². The Morgan fingerprint density at radius 2 is 2.11 bits per heavy atom. The number of halogens is 1. The molecule has 0 aliphatic heterocycles. The average molecular weight is 322 g/mol. The predicted octanol–water partition coefficient (Wildman–Crippen LogP) is 3.81. The van der Waals surface area contributed by atoms with Gasteiger partial charge in [0.15, 0.2) is 0 Å². The summed E-state index contributed by atoms with van der Waals surface area (Å²) in [6.45, 7) is 0. The quantitative estimate of drug-likeness (QED) is 0.729. The van der Waals surface area contributed by atoms with E-state index in [4.69, 9.17) is 10.3 Å². The molecule has 0 aliphatic carbocycles. The molecule has 0 saturated heterocycles. The standard InChI is InChI=1S/C12H8BrN3OS/c13-8-4-1-3-7(10(8)14)12-15-11(16-17-12)9-5-2-6-18-9/h1-6H,14H2. The van der Waals surface area contributed by atoms with Crippen molar-refractivity contribution in [2.75, 3.05) is 5.73 Å². The maximum Gasteiger partial charge on any atom is 0.260 e. The Hall–Kier alpha value is -1.66. The summed E-state index contributed by atoms with van der Waals surface area (Å²) >= 11 is 4.94. The molecule has 0 radical (unpaired) electrons. The summed E-state index contributed by atoms with van der Waals surface area (Å²) < 4.78 is 6.07. The summed E-state index contributed by atoms with van der Waals surface area (Å²) in [5.41, 5.74) is 7.30. The molecular weight excluding hydrogens is 314 g/mol. The molecule has 6 heteroatoms. The molecule has 3 aromatic rings. The fourth-order valence-corrected chi connectivity index (χ4v) is 2.58. The Labute approximate surface area is 116 Å². The largest absolute Gasteiger partial charge is 0.397 e. The molecule has 4 nitrogen and oxygen atoms in total. The van der Waals surface area contributed by atoms with Crippen molar-refractivity contribution in [3.05, 3.63) is 40.2 Å². The molecule has 0 amide bonds. The fourth-order valence-electron chi connectivity index (χ4n) is 1.56. The number of nitrogens with zero attached hydrogens (tertiary/aromatic N) is 2. The van der Waals surface area contributed by atoms with Crippen LogP contribution in [0.2, 0.25) is 0 Å². The second kappa shape index (κ2) is 4.55. The van der Waals surface area contributed by atoms with Gasteiger partial charge in [0.2, 0.25) is 5.82 Å². The molecule has 90 valence electrons. The van der Waals surface area contributed by atoms with Crippen LogP contribution in [0, 0.1) is 0 Å². The minimum absolute atomic E-state index is 0.428. The number of thiophene rings is 1. The van der Waals surface area contributed by atoms with Gasteiger partial charge in [-0.1, -0.05) is 17.3 Å². The molecule has 3 rings (SSSR count). The first-order chi connectivity index (χ1) is 8.75. The first-order valence-electron chi connectivity index (χ1n) is 5.17. The third-order valence-electron chi connectivity index (χ3n) is 2.45. The lowest BCUT2D eigenvalue weighted by atomic mass is 10.2. The van der Waals surface area contributed by atoms with E-state index in [1.54, 1.807) is 11.3 Å². The van der Waals surface area contributed by atoms with Gasteiger partial charge in [0.25, 0.3) is 5.89 Å². The highest BCUT2D eigenvalue weighted by atomic mass is 79.9. The van der Waals surface area contributed by atoms with Crippen molar-refractivity contribution in [2.24, 2.45) is 0 Å². The smallest absolute Gasteiger partial charge is 0.260 e. The van der Waals surface area contributed by atoms with E-state index in [1.165, 1.54) is 0 Å². The summed E-state index contributed by atoms with van der Waals surface area (Å²) in [6, 6.07) is 9.50. The molecule has 0 atom stereocenters. The number of rotatable bonds is 2. The Balaban J connectivity index is 2.06. The topological polar surface area (TPSA) is 64.9 Å². The number of hydrogen-bond acceptors (Lipinski definition) is 5. The Morgan fingerprint density at radius 3 is 2.89 bits per heavy atom. The maximum absolute atomic E-state index is 5.97. The van der Waals surface area contributed by atoms with Crippen LogP contribution in [0.15, 0.2) is 44.7 Å². The minimum atomic E-state index is 0.428. The van der Waals surface area contributed by atoms with Gasteiger partial charge in [-0.25, -0.2) is 0 Å². The van der Waals surface area contributed by atoms with Crippen LogP contribution in [0.3, 0.4) is 0 Å². The second-order valence-electron chi connectivity index (χ2n) is 3.60. The number of para-hydroxylation sites is 1. The van der Waals surface area contributed by atoms with Crippen LogP contribution in [0.1, 0.15) is 0 Å². The molecule has 0 bridgehead atoms. The van der Waals surface area contributed by atoms with Gasteiger partial charge in [-0.05, 0) is 39.5 Å². The van der Waals surface area contributed by atoms with Gasteiger partial charge in [0.1, 0.15) is 0 Å². The zero-order chi connectivity index (χ0) is 12.5. The van der Waals surface area contributed by atoms with E-state index in [0.717, 1.165) is 14.9 Å². The van der Waals surface area contributed by atoms with Crippen LogP contribution in [0.25, 0.3) is 22.2 Å². The first kappa shape index (κ1) is 11.4. The van der Waals surface area contributed by atoms with Gasteiger partial charge in [0.05, 0.1) is 16.1 Å². The lowest BCUT2D eigenvalue weighted by Gasteiger charge is -2.01. The number of benzene rings is 1. The molecule has 0 aliphatic rings. The Kier molecular flexibility index (Phi) is 2.89. The Bertz CT molecular complexity index is 678. The van der Waals surface area contributed by atoms with Crippen molar-refractivity contribution in [2.45, 2.75) is 0 Å². The normalized spacial score (nSPS) is 10.7. The van der Waals surface area contributed by atoms with Crippen LogP contribution in [-0.4, -0.2) is 10.1 Å². The van der Waals surface area contributed by atoms with Gasteiger partial charge in [-0.2, -0.15) is 4.98 Å². The summed E-state index contributed by atoms with van der Waals surface area (Å²) in [5.74, 6) is 1.01. The van der Waals surface area contributed by atoms with Gasteiger partial charge in [-0.3, -0.25) is 0 Å². The Morgan fingerprint density at radius 1 is 1.22 bits per heavy atom. The lowest BCUT2D eigenvalue weighted by molar-refractivity contribution is 0.432. The zero-order valence-electron chi connectivity index (χ0n) is 9.13. The van der Waals surface area contributed by atoms with Crippen molar-refractivity contribution < 1.29 is 4.52 Å². The summed E-state index contributed by atoms with van der Waals surface area (Å²) in [6.07, 6.45) is 0. The molecule has 0 spiro atoms. The van der Waals surface area contributed by atoms with Crippen LogP contribution < -0.4 is 5.73 Å². The van der Waals surface area contributed by atoms with E-state index in [1.807, 2.05) is 35.7 Å². The van der Waals surface area contributed by atoms with Crippen molar-refractivity contribution >= 4 is 33.0 Å². The van der Waals surface area contributed by atoms with E-state index in [2.05, 4.69) is 26.1 Å².